The van der Waals surface area contributed by atoms with Gasteiger partial charge in [0.15, 0.2) is 0 Å². The molecule has 30 heavy (non-hydrogen) atoms. The molecule has 0 fully saturated rings. The standard InChI is InChI=1S/C20H33N3O6S/c1-5-23(3,4)11-7-12-27-13-14-28-18-9-6-8-17(22(25)26)19(18)16(2)29-20(24)21-10-15-30/h6,8-9,16H,5,7,10-15H2,1-4H3,(H-,21,24,30)/p+1. The SMILES string of the molecule is CC[N+](C)(C)CCCOCCOc1cccc([N+](=O)[O-])c1C(C)OC(=O)NCCS. The van der Waals surface area contributed by atoms with Crippen molar-refractivity contribution in [2.45, 2.75) is 26.4 Å². The lowest BCUT2D eigenvalue weighted by molar-refractivity contribution is -0.888. The van der Waals surface area contributed by atoms with Gasteiger partial charge in [0, 0.05) is 24.8 Å². The van der Waals surface area contributed by atoms with Crippen LogP contribution in [0, 0.1) is 10.1 Å². The lowest BCUT2D eigenvalue weighted by Crippen LogP contribution is -2.40. The predicted octanol–water partition coefficient (Wildman–Crippen LogP) is 3.19. The van der Waals surface area contributed by atoms with Crippen LogP contribution in [-0.4, -0.2) is 74.8 Å². The molecule has 0 saturated heterocycles. The summed E-state index contributed by atoms with van der Waals surface area (Å²) in [7, 11) is 4.35. The first-order valence-corrected chi connectivity index (χ1v) is 10.7. The van der Waals surface area contributed by atoms with Gasteiger partial charge in [0.25, 0.3) is 5.69 Å². The maximum atomic E-state index is 11.8. The third-order valence-corrected chi connectivity index (χ3v) is 4.93. The summed E-state index contributed by atoms with van der Waals surface area (Å²) >= 11 is 4.01. The molecule has 0 aliphatic rings. The van der Waals surface area contributed by atoms with Crippen molar-refractivity contribution >= 4 is 24.4 Å². The van der Waals surface area contributed by atoms with Crippen LogP contribution in [0.5, 0.6) is 5.75 Å². The molecule has 0 aliphatic carbocycles. The zero-order valence-electron chi connectivity index (χ0n) is 18.3. The largest absolute Gasteiger partial charge is 0.490 e. The van der Waals surface area contributed by atoms with E-state index >= 15 is 0 Å². The fraction of sp³-hybridized carbons (Fsp3) is 0.650. The van der Waals surface area contributed by atoms with Crippen molar-refractivity contribution < 1.29 is 28.4 Å². The Morgan fingerprint density at radius 1 is 1.30 bits per heavy atom. The van der Waals surface area contributed by atoms with Crippen molar-refractivity contribution in [1.29, 1.82) is 0 Å². The number of carbonyl (C=O) groups excluding carboxylic acids is 1. The van der Waals surface area contributed by atoms with Gasteiger partial charge in [-0.3, -0.25) is 10.1 Å². The van der Waals surface area contributed by atoms with Gasteiger partial charge in [-0.1, -0.05) is 6.07 Å². The summed E-state index contributed by atoms with van der Waals surface area (Å²) in [5, 5.41) is 14.0. The Balaban J connectivity index is 2.66. The summed E-state index contributed by atoms with van der Waals surface area (Å²) in [4.78, 5) is 22.8. The van der Waals surface area contributed by atoms with Crippen LogP contribution in [0.25, 0.3) is 0 Å². The highest BCUT2D eigenvalue weighted by atomic mass is 32.1. The Hall–Kier alpha value is -2.04. The first-order valence-electron chi connectivity index (χ1n) is 10.1. The third-order valence-electron chi connectivity index (χ3n) is 4.70. The second-order valence-electron chi connectivity index (χ2n) is 7.43. The Morgan fingerprint density at radius 3 is 2.67 bits per heavy atom. The highest BCUT2D eigenvalue weighted by molar-refractivity contribution is 7.80. The van der Waals surface area contributed by atoms with Crippen LogP contribution in [-0.2, 0) is 9.47 Å². The molecule has 1 rings (SSSR count). The molecule has 1 aromatic rings. The Bertz CT molecular complexity index is 687. The molecule has 170 valence electrons. The number of nitro benzene ring substituents is 1. The molecule has 1 unspecified atom stereocenters. The third kappa shape index (κ3) is 9.19. The van der Waals surface area contributed by atoms with E-state index in [1.54, 1.807) is 13.0 Å². The molecule has 0 spiro atoms. The van der Waals surface area contributed by atoms with Crippen LogP contribution in [0.15, 0.2) is 18.2 Å². The van der Waals surface area contributed by atoms with Crippen molar-refractivity contribution in [3.8, 4) is 5.75 Å². The molecular weight excluding hydrogens is 410 g/mol. The van der Waals surface area contributed by atoms with Gasteiger partial charge in [-0.25, -0.2) is 4.79 Å². The summed E-state index contributed by atoms with van der Waals surface area (Å²) in [6.45, 7) is 7.36. The lowest BCUT2D eigenvalue weighted by atomic mass is 10.1. The number of quaternary nitrogens is 1. The monoisotopic (exact) mass is 444 g/mol. The molecule has 0 radical (unpaired) electrons. The molecule has 0 aliphatic heterocycles. The number of nitro groups is 1. The molecule has 1 amide bonds. The Kier molecular flexibility index (Phi) is 11.5. The minimum Gasteiger partial charge on any atom is -0.490 e. The van der Waals surface area contributed by atoms with E-state index in [0.717, 1.165) is 24.0 Å². The fourth-order valence-corrected chi connectivity index (χ4v) is 2.82. The van der Waals surface area contributed by atoms with Crippen molar-refractivity contribution in [1.82, 2.24) is 5.32 Å². The van der Waals surface area contributed by atoms with E-state index in [0.29, 0.717) is 31.3 Å². The average Bonchev–Trinajstić information content (AvgIpc) is 2.71. The predicted molar refractivity (Wildman–Crippen MR) is 118 cm³/mol. The summed E-state index contributed by atoms with van der Waals surface area (Å²) < 4.78 is 17.5. The fourth-order valence-electron chi connectivity index (χ4n) is 2.71. The first-order chi connectivity index (χ1) is 14.2. The smallest absolute Gasteiger partial charge is 0.407 e. The molecule has 9 nitrogen and oxygen atoms in total. The highest BCUT2D eigenvalue weighted by Gasteiger charge is 2.26. The van der Waals surface area contributed by atoms with Crippen molar-refractivity contribution in [3.05, 3.63) is 33.9 Å². The maximum Gasteiger partial charge on any atom is 0.407 e. The van der Waals surface area contributed by atoms with Gasteiger partial charge in [-0.2, -0.15) is 12.6 Å². The summed E-state index contributed by atoms with van der Waals surface area (Å²) in [6.07, 6.45) is -0.594. The average molecular weight is 445 g/mol. The first kappa shape index (κ1) is 26.0. The van der Waals surface area contributed by atoms with Gasteiger partial charge in [-0.05, 0) is 19.9 Å². The molecule has 1 N–H and O–H groups in total. The van der Waals surface area contributed by atoms with E-state index in [4.69, 9.17) is 14.2 Å². The number of ether oxygens (including phenoxy) is 3. The molecule has 0 heterocycles. The van der Waals surface area contributed by atoms with Gasteiger partial charge in [0.05, 0.1) is 45.3 Å². The quantitative estimate of drug-likeness (QED) is 0.150. The lowest BCUT2D eigenvalue weighted by Gasteiger charge is -2.27. The number of hydrogen-bond acceptors (Lipinski definition) is 7. The van der Waals surface area contributed by atoms with E-state index in [1.807, 2.05) is 0 Å². The van der Waals surface area contributed by atoms with Crippen LogP contribution < -0.4 is 10.1 Å². The summed E-state index contributed by atoms with van der Waals surface area (Å²) in [6, 6.07) is 4.52. The zero-order chi connectivity index (χ0) is 22.6. The van der Waals surface area contributed by atoms with E-state index in [2.05, 4.69) is 39.0 Å². The Labute approximate surface area is 183 Å². The van der Waals surface area contributed by atoms with Crippen LogP contribution in [0.1, 0.15) is 31.9 Å². The number of hydrogen-bond donors (Lipinski definition) is 2. The summed E-state index contributed by atoms with van der Waals surface area (Å²) in [5.41, 5.74) is 0.0491. The zero-order valence-corrected chi connectivity index (χ0v) is 19.2. The van der Waals surface area contributed by atoms with Gasteiger partial charge in [0.1, 0.15) is 24.0 Å². The second kappa shape index (κ2) is 13.3. The van der Waals surface area contributed by atoms with Crippen molar-refractivity contribution in [2.24, 2.45) is 0 Å². The van der Waals surface area contributed by atoms with Crippen molar-refractivity contribution in [2.75, 3.05) is 59.3 Å². The number of amides is 1. The molecule has 10 heteroatoms. The van der Waals surface area contributed by atoms with Crippen LogP contribution in [0.3, 0.4) is 0 Å². The topological polar surface area (TPSA) is 99.9 Å². The number of carbonyl (C=O) groups is 1. The van der Waals surface area contributed by atoms with Crippen LogP contribution >= 0.6 is 12.6 Å². The molecular formula is C20H34N3O6S+. The van der Waals surface area contributed by atoms with Crippen LogP contribution in [0.2, 0.25) is 0 Å². The number of thiol groups is 1. The Morgan fingerprint density at radius 2 is 2.03 bits per heavy atom. The number of benzene rings is 1. The minimum atomic E-state index is -0.864. The molecule has 0 aromatic heterocycles. The number of nitrogens with zero attached hydrogens (tertiary/aromatic N) is 2. The van der Waals surface area contributed by atoms with E-state index in [9.17, 15) is 14.9 Å². The van der Waals surface area contributed by atoms with Crippen molar-refractivity contribution in [3.63, 3.8) is 0 Å². The minimum absolute atomic E-state index is 0.164. The van der Waals surface area contributed by atoms with E-state index in [-0.39, 0.29) is 17.9 Å². The molecule has 1 aromatic carbocycles. The van der Waals surface area contributed by atoms with Gasteiger partial charge < -0.3 is 24.0 Å². The number of rotatable bonds is 14. The maximum absolute atomic E-state index is 11.8. The van der Waals surface area contributed by atoms with E-state index < -0.39 is 17.1 Å². The van der Waals surface area contributed by atoms with Gasteiger partial charge in [0.2, 0.25) is 0 Å². The van der Waals surface area contributed by atoms with Gasteiger partial charge >= 0.3 is 6.09 Å². The number of alkyl carbamates (subject to hydrolysis) is 1. The van der Waals surface area contributed by atoms with Crippen LogP contribution in [0.4, 0.5) is 10.5 Å². The summed E-state index contributed by atoms with van der Waals surface area (Å²) in [5.74, 6) is 0.754. The normalized spacial score (nSPS) is 12.3. The molecule has 0 bridgehead atoms. The molecule has 1 atom stereocenters. The second-order valence-corrected chi connectivity index (χ2v) is 7.88. The van der Waals surface area contributed by atoms with E-state index in [1.165, 1.54) is 12.1 Å². The van der Waals surface area contributed by atoms with Gasteiger partial charge in [-0.15, -0.1) is 0 Å². The number of nitrogens with one attached hydrogen (secondary N) is 1. The highest BCUT2D eigenvalue weighted by Crippen LogP contribution is 2.35. The molecule has 0 saturated carbocycles.